The van der Waals surface area contributed by atoms with E-state index in [0.717, 1.165) is 31.6 Å². The summed E-state index contributed by atoms with van der Waals surface area (Å²) in [6.45, 7) is 3.81. The van der Waals surface area contributed by atoms with Crippen LogP contribution in [0, 0.1) is 5.92 Å². The minimum Gasteiger partial charge on any atom is -0.389 e. The van der Waals surface area contributed by atoms with Crippen LogP contribution in [0.25, 0.3) is 0 Å². The predicted octanol–water partition coefficient (Wildman–Crippen LogP) is 1.34. The molecular weight excluding hydrogens is 248 g/mol. The number of nitrogens with two attached hydrogens (primary N) is 1. The van der Waals surface area contributed by atoms with Gasteiger partial charge in [-0.25, -0.2) is 0 Å². The quantitative estimate of drug-likeness (QED) is 0.801. The van der Waals surface area contributed by atoms with Crippen LogP contribution in [0.15, 0.2) is 12.3 Å². The molecule has 1 unspecified atom stereocenters. The maximum Gasteiger partial charge on any atom is 0.159 e. The Labute approximate surface area is 112 Å². The number of hydrogen-bond acceptors (Lipinski definition) is 5. The molecule has 1 aliphatic rings. The van der Waals surface area contributed by atoms with E-state index in [2.05, 4.69) is 22.4 Å². The van der Waals surface area contributed by atoms with E-state index in [0.29, 0.717) is 22.8 Å². The highest BCUT2D eigenvalue weighted by Gasteiger charge is 2.21. The summed E-state index contributed by atoms with van der Waals surface area (Å²) in [5.74, 6) is 1.25. The molecule has 18 heavy (non-hydrogen) atoms. The van der Waals surface area contributed by atoms with Gasteiger partial charge < -0.3 is 15.8 Å². The number of rotatable bonds is 4. The summed E-state index contributed by atoms with van der Waals surface area (Å²) in [4.78, 5) is 0.339. The second kappa shape index (κ2) is 6.06. The van der Waals surface area contributed by atoms with Crippen LogP contribution < -0.4 is 11.1 Å². The lowest BCUT2D eigenvalue weighted by atomic mass is 9.93. The van der Waals surface area contributed by atoms with Gasteiger partial charge in [0.25, 0.3) is 0 Å². The summed E-state index contributed by atoms with van der Waals surface area (Å²) in [5, 5.41) is 11.3. The van der Waals surface area contributed by atoms with Crippen LogP contribution in [0.5, 0.6) is 0 Å². The molecule has 98 valence electrons. The molecule has 0 aliphatic carbocycles. The summed E-state index contributed by atoms with van der Waals surface area (Å²) < 4.78 is 5.37. The minimum absolute atomic E-state index is 0.304. The van der Waals surface area contributed by atoms with Crippen molar-refractivity contribution >= 4 is 23.0 Å². The van der Waals surface area contributed by atoms with Crippen LogP contribution in [-0.2, 0) is 4.74 Å². The molecule has 2 heterocycles. The molecule has 6 heteroatoms. The first-order valence-corrected chi connectivity index (χ1v) is 6.55. The van der Waals surface area contributed by atoms with E-state index in [1.165, 1.54) is 0 Å². The largest absolute Gasteiger partial charge is 0.389 e. The van der Waals surface area contributed by atoms with Crippen LogP contribution in [0.2, 0.25) is 0 Å². The number of hydrogen-bond donors (Lipinski definition) is 2. The number of anilines is 1. The summed E-state index contributed by atoms with van der Waals surface area (Å²) in [6, 6.07) is 2.09. The second-order valence-electron chi connectivity index (χ2n) is 4.54. The number of nitrogens with zero attached hydrogens (tertiary/aromatic N) is 2. The van der Waals surface area contributed by atoms with Crippen LogP contribution in [0.1, 0.15) is 25.3 Å². The first kappa shape index (κ1) is 13.2. The Morgan fingerprint density at radius 2 is 2.28 bits per heavy atom. The molecule has 1 aromatic rings. The fraction of sp³-hybridized carbons (Fsp3) is 0.583. The highest BCUT2D eigenvalue weighted by molar-refractivity contribution is 7.80. The van der Waals surface area contributed by atoms with Crippen LogP contribution in [-0.4, -0.2) is 34.4 Å². The lowest BCUT2D eigenvalue weighted by molar-refractivity contribution is 0.0622. The summed E-state index contributed by atoms with van der Waals surface area (Å²) in [6.07, 6.45) is 3.73. The van der Waals surface area contributed by atoms with Crippen molar-refractivity contribution in [1.82, 2.24) is 10.2 Å². The van der Waals surface area contributed by atoms with Crippen molar-refractivity contribution in [3.8, 4) is 0 Å². The van der Waals surface area contributed by atoms with E-state index < -0.39 is 0 Å². The summed E-state index contributed by atoms with van der Waals surface area (Å²) in [5.41, 5.74) is 6.42. The van der Waals surface area contributed by atoms with Gasteiger partial charge in [0, 0.05) is 19.3 Å². The molecule has 1 atom stereocenters. The molecule has 1 aromatic heterocycles. The summed E-state index contributed by atoms with van der Waals surface area (Å²) in [7, 11) is 0. The van der Waals surface area contributed by atoms with E-state index in [4.69, 9.17) is 22.7 Å². The van der Waals surface area contributed by atoms with Gasteiger partial charge in [-0.3, -0.25) is 0 Å². The summed E-state index contributed by atoms with van der Waals surface area (Å²) >= 11 is 5.01. The highest BCUT2D eigenvalue weighted by atomic mass is 32.1. The standard InChI is InChI=1S/C12H18N4OS/c1-8(9-3-6-17-7-4-9)15-12-10(11(13)18)2-5-14-16-12/h2,5,8-9H,3-4,6-7H2,1H3,(H2,13,18)(H,15,16). The van der Waals surface area contributed by atoms with Gasteiger partial charge >= 0.3 is 0 Å². The van der Waals surface area contributed by atoms with Crippen LogP contribution >= 0.6 is 12.2 Å². The Balaban J connectivity index is 2.06. The van der Waals surface area contributed by atoms with Gasteiger partial charge in [-0.1, -0.05) is 12.2 Å². The van der Waals surface area contributed by atoms with Gasteiger partial charge in [0.1, 0.15) is 4.99 Å². The van der Waals surface area contributed by atoms with Crippen molar-refractivity contribution in [2.75, 3.05) is 18.5 Å². The molecule has 5 nitrogen and oxygen atoms in total. The zero-order valence-corrected chi connectivity index (χ0v) is 11.2. The Kier molecular flexibility index (Phi) is 4.43. The average Bonchev–Trinajstić information content (AvgIpc) is 2.40. The highest BCUT2D eigenvalue weighted by Crippen LogP contribution is 2.22. The average molecular weight is 266 g/mol. The van der Waals surface area contributed by atoms with E-state index in [1.54, 1.807) is 12.3 Å². The molecule has 0 radical (unpaired) electrons. The molecule has 1 fully saturated rings. The Hall–Kier alpha value is -1.27. The van der Waals surface area contributed by atoms with Crippen molar-refractivity contribution in [1.29, 1.82) is 0 Å². The number of ether oxygens (including phenoxy) is 1. The predicted molar refractivity (Wildman–Crippen MR) is 74.5 cm³/mol. The molecule has 0 saturated carbocycles. The smallest absolute Gasteiger partial charge is 0.159 e. The van der Waals surface area contributed by atoms with Gasteiger partial charge in [-0.05, 0) is 31.7 Å². The first-order chi connectivity index (χ1) is 8.68. The number of aromatic nitrogens is 2. The van der Waals surface area contributed by atoms with Gasteiger partial charge in [-0.15, -0.1) is 5.10 Å². The topological polar surface area (TPSA) is 73.1 Å². The van der Waals surface area contributed by atoms with Crippen LogP contribution in [0.3, 0.4) is 0 Å². The molecule has 0 amide bonds. The van der Waals surface area contributed by atoms with Crippen LogP contribution in [0.4, 0.5) is 5.82 Å². The third-order valence-corrected chi connectivity index (χ3v) is 3.54. The fourth-order valence-electron chi connectivity index (χ4n) is 2.19. The van der Waals surface area contributed by atoms with E-state index >= 15 is 0 Å². The van der Waals surface area contributed by atoms with E-state index in [1.807, 2.05) is 0 Å². The van der Waals surface area contributed by atoms with Gasteiger partial charge in [0.2, 0.25) is 0 Å². The molecule has 0 spiro atoms. The molecule has 2 rings (SSSR count). The molecule has 1 saturated heterocycles. The van der Waals surface area contributed by atoms with Crippen molar-refractivity contribution in [2.24, 2.45) is 11.7 Å². The SMILES string of the molecule is CC(Nc1nnccc1C(N)=S)C1CCOCC1. The maximum atomic E-state index is 5.67. The van der Waals surface area contributed by atoms with E-state index in [-0.39, 0.29) is 0 Å². The normalized spacial score (nSPS) is 18.3. The second-order valence-corrected chi connectivity index (χ2v) is 4.98. The Morgan fingerprint density at radius 3 is 2.94 bits per heavy atom. The van der Waals surface area contributed by atoms with Crippen molar-refractivity contribution in [2.45, 2.75) is 25.8 Å². The third kappa shape index (κ3) is 3.14. The zero-order chi connectivity index (χ0) is 13.0. The first-order valence-electron chi connectivity index (χ1n) is 6.14. The lowest BCUT2D eigenvalue weighted by Crippen LogP contribution is -2.32. The molecule has 0 aromatic carbocycles. The van der Waals surface area contributed by atoms with Gasteiger partial charge in [0.05, 0.1) is 11.8 Å². The lowest BCUT2D eigenvalue weighted by Gasteiger charge is -2.29. The van der Waals surface area contributed by atoms with Gasteiger partial charge in [0.15, 0.2) is 5.82 Å². The van der Waals surface area contributed by atoms with Crippen molar-refractivity contribution < 1.29 is 4.74 Å². The molecule has 3 N–H and O–H groups in total. The molecule has 1 aliphatic heterocycles. The van der Waals surface area contributed by atoms with Crippen molar-refractivity contribution in [3.63, 3.8) is 0 Å². The number of thiocarbonyl (C=S) groups is 1. The molecule has 0 bridgehead atoms. The zero-order valence-electron chi connectivity index (χ0n) is 10.4. The van der Waals surface area contributed by atoms with Crippen molar-refractivity contribution in [3.05, 3.63) is 17.8 Å². The van der Waals surface area contributed by atoms with Gasteiger partial charge in [-0.2, -0.15) is 5.10 Å². The fourth-order valence-corrected chi connectivity index (χ4v) is 2.35. The molecular formula is C12H18N4OS. The third-order valence-electron chi connectivity index (χ3n) is 3.32. The monoisotopic (exact) mass is 266 g/mol. The number of nitrogens with one attached hydrogen (secondary N) is 1. The van der Waals surface area contributed by atoms with E-state index in [9.17, 15) is 0 Å². The Bertz CT molecular complexity index is 420. The minimum atomic E-state index is 0.304. The maximum absolute atomic E-state index is 5.67. The Morgan fingerprint density at radius 1 is 1.56 bits per heavy atom.